The molecule has 0 radical (unpaired) electrons. The standard InChI is InChI=1S/C18H20BrN3O3/c1-12-4-5-13(11-22-12)17(23)20-8-3-9-21-18(24)15-10-14(19)6-7-16(15)25-2/h4-7,10-11H,3,8-9H2,1-2H3,(H,20,23)(H,21,24). The summed E-state index contributed by atoms with van der Waals surface area (Å²) < 4.78 is 6.00. The Labute approximate surface area is 155 Å². The molecule has 0 saturated heterocycles. The summed E-state index contributed by atoms with van der Waals surface area (Å²) in [5, 5.41) is 5.62. The van der Waals surface area contributed by atoms with Gasteiger partial charge in [0, 0.05) is 29.5 Å². The molecule has 0 bridgehead atoms. The second-order valence-corrected chi connectivity index (χ2v) is 6.31. The van der Waals surface area contributed by atoms with Crippen LogP contribution in [0.1, 0.15) is 32.8 Å². The first-order valence-corrected chi connectivity index (χ1v) is 8.63. The highest BCUT2D eigenvalue weighted by molar-refractivity contribution is 9.10. The van der Waals surface area contributed by atoms with Crippen molar-refractivity contribution >= 4 is 27.7 Å². The predicted molar refractivity (Wildman–Crippen MR) is 99.0 cm³/mol. The number of hydrogen-bond acceptors (Lipinski definition) is 4. The number of nitrogens with zero attached hydrogens (tertiary/aromatic N) is 1. The number of aryl methyl sites for hydroxylation is 1. The summed E-state index contributed by atoms with van der Waals surface area (Å²) in [6, 6.07) is 8.78. The Morgan fingerprint density at radius 1 is 1.12 bits per heavy atom. The monoisotopic (exact) mass is 405 g/mol. The molecular formula is C18H20BrN3O3. The van der Waals surface area contributed by atoms with Crippen LogP contribution in [-0.2, 0) is 0 Å². The average Bonchev–Trinajstić information content (AvgIpc) is 2.61. The number of nitrogens with one attached hydrogen (secondary N) is 2. The highest BCUT2D eigenvalue weighted by atomic mass is 79.9. The van der Waals surface area contributed by atoms with Crippen LogP contribution in [0.5, 0.6) is 5.75 Å². The van der Waals surface area contributed by atoms with Crippen LogP contribution in [0.25, 0.3) is 0 Å². The second-order valence-electron chi connectivity index (χ2n) is 5.40. The van der Waals surface area contributed by atoms with E-state index in [1.807, 2.05) is 13.0 Å². The molecule has 1 aromatic heterocycles. The predicted octanol–water partition coefficient (Wildman–Crippen LogP) is 2.71. The molecule has 2 rings (SSSR count). The molecule has 132 valence electrons. The van der Waals surface area contributed by atoms with Gasteiger partial charge in [0.15, 0.2) is 0 Å². The van der Waals surface area contributed by atoms with Crippen molar-refractivity contribution < 1.29 is 14.3 Å². The van der Waals surface area contributed by atoms with Crippen molar-refractivity contribution in [2.24, 2.45) is 0 Å². The summed E-state index contributed by atoms with van der Waals surface area (Å²) in [7, 11) is 1.52. The largest absolute Gasteiger partial charge is 0.496 e. The lowest BCUT2D eigenvalue weighted by Gasteiger charge is -2.10. The highest BCUT2D eigenvalue weighted by Crippen LogP contribution is 2.22. The molecule has 25 heavy (non-hydrogen) atoms. The first kappa shape index (κ1) is 18.9. The number of rotatable bonds is 7. The molecule has 1 heterocycles. The SMILES string of the molecule is COc1ccc(Br)cc1C(=O)NCCCNC(=O)c1ccc(C)nc1. The molecule has 1 aromatic carbocycles. The van der Waals surface area contributed by atoms with Crippen LogP contribution in [0, 0.1) is 6.92 Å². The van der Waals surface area contributed by atoms with Crippen LogP contribution in [0.4, 0.5) is 0 Å². The van der Waals surface area contributed by atoms with Gasteiger partial charge in [-0.3, -0.25) is 14.6 Å². The second kappa shape index (κ2) is 9.17. The number of benzene rings is 1. The van der Waals surface area contributed by atoms with Crippen molar-refractivity contribution in [2.45, 2.75) is 13.3 Å². The molecule has 2 amide bonds. The lowest BCUT2D eigenvalue weighted by molar-refractivity contribution is 0.0949. The minimum atomic E-state index is -0.216. The first-order valence-electron chi connectivity index (χ1n) is 7.84. The van der Waals surface area contributed by atoms with E-state index in [0.717, 1.165) is 10.2 Å². The molecule has 7 heteroatoms. The smallest absolute Gasteiger partial charge is 0.255 e. The van der Waals surface area contributed by atoms with Crippen molar-refractivity contribution in [1.29, 1.82) is 0 Å². The number of ether oxygens (including phenoxy) is 1. The van der Waals surface area contributed by atoms with Crippen LogP contribution in [-0.4, -0.2) is 37.0 Å². The maximum absolute atomic E-state index is 12.2. The Kier molecular flexibility index (Phi) is 6.94. The number of carbonyl (C=O) groups is 2. The molecule has 0 spiro atoms. The van der Waals surface area contributed by atoms with Crippen molar-refractivity contribution in [1.82, 2.24) is 15.6 Å². The highest BCUT2D eigenvalue weighted by Gasteiger charge is 2.12. The number of methoxy groups -OCH3 is 1. The van der Waals surface area contributed by atoms with Gasteiger partial charge in [-0.05, 0) is 43.7 Å². The van der Waals surface area contributed by atoms with Gasteiger partial charge in [-0.15, -0.1) is 0 Å². The van der Waals surface area contributed by atoms with Crippen molar-refractivity contribution in [3.8, 4) is 5.75 Å². The fourth-order valence-corrected chi connectivity index (χ4v) is 2.51. The number of hydrogen-bond donors (Lipinski definition) is 2. The van der Waals surface area contributed by atoms with Gasteiger partial charge in [0.25, 0.3) is 11.8 Å². The van der Waals surface area contributed by atoms with E-state index in [2.05, 4.69) is 31.5 Å². The minimum Gasteiger partial charge on any atom is -0.496 e. The molecule has 0 aliphatic carbocycles. The van der Waals surface area contributed by atoms with Gasteiger partial charge in [0.2, 0.25) is 0 Å². The van der Waals surface area contributed by atoms with Gasteiger partial charge in [0.1, 0.15) is 5.75 Å². The summed E-state index contributed by atoms with van der Waals surface area (Å²) >= 11 is 3.34. The van der Waals surface area contributed by atoms with Crippen molar-refractivity contribution in [2.75, 3.05) is 20.2 Å². The Morgan fingerprint density at radius 3 is 2.48 bits per heavy atom. The van der Waals surface area contributed by atoms with Crippen LogP contribution in [0.2, 0.25) is 0 Å². The van der Waals surface area contributed by atoms with Gasteiger partial charge >= 0.3 is 0 Å². The van der Waals surface area contributed by atoms with Crippen LogP contribution in [0.15, 0.2) is 41.0 Å². The van der Waals surface area contributed by atoms with E-state index in [9.17, 15) is 9.59 Å². The van der Waals surface area contributed by atoms with Crippen molar-refractivity contribution in [3.63, 3.8) is 0 Å². The molecule has 0 unspecified atom stereocenters. The van der Waals surface area contributed by atoms with E-state index in [4.69, 9.17) is 4.74 Å². The number of amides is 2. The molecule has 6 nitrogen and oxygen atoms in total. The summed E-state index contributed by atoms with van der Waals surface area (Å²) in [5.41, 5.74) is 1.85. The zero-order valence-electron chi connectivity index (χ0n) is 14.1. The fraction of sp³-hybridized carbons (Fsp3) is 0.278. The van der Waals surface area contributed by atoms with Crippen LogP contribution >= 0.6 is 15.9 Å². The molecule has 0 aliphatic rings. The quantitative estimate of drug-likeness (QED) is 0.693. The summed E-state index contributed by atoms with van der Waals surface area (Å²) in [4.78, 5) is 28.2. The minimum absolute atomic E-state index is 0.174. The number of carbonyl (C=O) groups excluding carboxylic acids is 2. The number of pyridine rings is 1. The van der Waals surface area contributed by atoms with Gasteiger partial charge < -0.3 is 15.4 Å². The number of halogens is 1. The van der Waals surface area contributed by atoms with E-state index >= 15 is 0 Å². The molecule has 0 fully saturated rings. The lowest BCUT2D eigenvalue weighted by atomic mass is 10.2. The van der Waals surface area contributed by atoms with Gasteiger partial charge in [-0.25, -0.2) is 0 Å². The molecule has 2 aromatic rings. The third kappa shape index (κ3) is 5.56. The molecular weight excluding hydrogens is 386 g/mol. The average molecular weight is 406 g/mol. The van der Waals surface area contributed by atoms with E-state index in [1.165, 1.54) is 7.11 Å². The summed E-state index contributed by atoms with van der Waals surface area (Å²) in [6.45, 7) is 2.77. The fourth-order valence-electron chi connectivity index (χ4n) is 2.15. The van der Waals surface area contributed by atoms with Crippen molar-refractivity contribution in [3.05, 3.63) is 57.8 Å². The Morgan fingerprint density at radius 2 is 1.84 bits per heavy atom. The number of aromatic nitrogens is 1. The maximum atomic E-state index is 12.2. The third-order valence-electron chi connectivity index (χ3n) is 3.50. The topological polar surface area (TPSA) is 80.3 Å². The van der Waals surface area contributed by atoms with Crippen LogP contribution < -0.4 is 15.4 Å². The summed E-state index contributed by atoms with van der Waals surface area (Å²) in [6.07, 6.45) is 2.17. The van der Waals surface area contributed by atoms with E-state index in [1.54, 1.807) is 30.5 Å². The summed E-state index contributed by atoms with van der Waals surface area (Å²) in [5.74, 6) is 0.126. The van der Waals surface area contributed by atoms with E-state index in [0.29, 0.717) is 36.4 Å². The zero-order chi connectivity index (χ0) is 18.2. The third-order valence-corrected chi connectivity index (χ3v) is 4.00. The molecule has 2 N–H and O–H groups in total. The zero-order valence-corrected chi connectivity index (χ0v) is 15.7. The van der Waals surface area contributed by atoms with Gasteiger partial charge in [0.05, 0.1) is 18.2 Å². The van der Waals surface area contributed by atoms with Gasteiger partial charge in [-0.2, -0.15) is 0 Å². The maximum Gasteiger partial charge on any atom is 0.255 e. The Bertz CT molecular complexity index is 748. The molecule has 0 saturated carbocycles. The Hall–Kier alpha value is -2.41. The normalized spacial score (nSPS) is 10.2. The lowest BCUT2D eigenvalue weighted by Crippen LogP contribution is -2.30. The first-order chi connectivity index (χ1) is 12.0. The Balaban J connectivity index is 1.76. The van der Waals surface area contributed by atoms with E-state index < -0.39 is 0 Å². The van der Waals surface area contributed by atoms with Crippen LogP contribution in [0.3, 0.4) is 0 Å². The molecule has 0 aliphatic heterocycles. The van der Waals surface area contributed by atoms with E-state index in [-0.39, 0.29) is 11.8 Å². The van der Waals surface area contributed by atoms with Gasteiger partial charge in [-0.1, -0.05) is 15.9 Å². The molecule has 0 atom stereocenters.